The van der Waals surface area contributed by atoms with Crippen LogP contribution in [0.1, 0.15) is 128 Å². The summed E-state index contributed by atoms with van der Waals surface area (Å²) in [4.78, 5) is 8.07. The van der Waals surface area contributed by atoms with E-state index in [2.05, 4.69) is 255 Å². The quantitative estimate of drug-likeness (QED) is 0.163. The zero-order valence-electron chi connectivity index (χ0n) is 44.3. The van der Waals surface area contributed by atoms with E-state index in [1.54, 1.807) is 0 Å². The molecule has 0 saturated heterocycles. The maximum absolute atomic E-state index is 2.76. The average molecular weight is 938 g/mol. The van der Waals surface area contributed by atoms with Gasteiger partial charge >= 0.3 is 0 Å². The molecule has 4 heteroatoms. The van der Waals surface area contributed by atoms with Gasteiger partial charge in [0, 0.05) is 56.2 Å². The molecular formula is C68H68BN3. The van der Waals surface area contributed by atoms with Crippen LogP contribution in [-0.2, 0) is 21.7 Å². The van der Waals surface area contributed by atoms with Crippen LogP contribution in [0.25, 0.3) is 22.3 Å². The Balaban J connectivity index is 1.11. The van der Waals surface area contributed by atoms with Gasteiger partial charge in [-0.2, -0.15) is 0 Å². The summed E-state index contributed by atoms with van der Waals surface area (Å²) >= 11 is 0. The summed E-state index contributed by atoms with van der Waals surface area (Å²) < 4.78 is 0. The van der Waals surface area contributed by atoms with Gasteiger partial charge in [-0.3, -0.25) is 0 Å². The number of anilines is 8. The maximum Gasteiger partial charge on any atom is 0.252 e. The molecule has 13 rings (SSSR count). The van der Waals surface area contributed by atoms with Crippen molar-refractivity contribution in [3.63, 3.8) is 0 Å². The van der Waals surface area contributed by atoms with Gasteiger partial charge in [0.2, 0.25) is 0 Å². The highest BCUT2D eigenvalue weighted by Crippen LogP contribution is 2.61. The molecular weight excluding hydrogens is 870 g/mol. The second-order valence-corrected chi connectivity index (χ2v) is 25.0. The van der Waals surface area contributed by atoms with Crippen molar-refractivity contribution in [2.24, 2.45) is 0 Å². The zero-order valence-corrected chi connectivity index (χ0v) is 44.3. The van der Waals surface area contributed by atoms with E-state index >= 15 is 0 Å². The SMILES string of the molecule is Cc1cc2c3c(c1)N(c1ccc(C(C)(C)C)cc1-c1ccccc1)c1cc(C(C)(C)C)ccc1B3c1ccc(N3c4ccccc4C4(C)CCCCC34C)cc1N2c1ccc2c(c1)-c1ccccc1C2(C)C. The largest absolute Gasteiger partial charge is 0.334 e. The molecule has 0 spiro atoms. The molecule has 3 aliphatic heterocycles. The Kier molecular flexibility index (Phi) is 9.63. The van der Waals surface area contributed by atoms with Gasteiger partial charge < -0.3 is 14.7 Å². The summed E-state index contributed by atoms with van der Waals surface area (Å²) in [6, 6.07) is 64.1. The van der Waals surface area contributed by atoms with Crippen molar-refractivity contribution >= 4 is 68.6 Å². The van der Waals surface area contributed by atoms with Crippen LogP contribution in [-0.4, -0.2) is 12.3 Å². The van der Waals surface area contributed by atoms with E-state index in [0.29, 0.717) is 0 Å². The van der Waals surface area contributed by atoms with Crippen LogP contribution < -0.4 is 31.1 Å². The van der Waals surface area contributed by atoms with E-state index in [-0.39, 0.29) is 33.9 Å². The molecule has 2 unspecified atom stereocenters. The van der Waals surface area contributed by atoms with E-state index in [0.717, 1.165) is 6.42 Å². The number of aryl methyl sites for hydroxylation is 1. The average Bonchev–Trinajstić information content (AvgIpc) is 3.72. The molecule has 8 aromatic rings. The van der Waals surface area contributed by atoms with Gasteiger partial charge in [0.15, 0.2) is 0 Å². The first-order chi connectivity index (χ1) is 34.4. The van der Waals surface area contributed by atoms with E-state index in [1.807, 2.05) is 0 Å². The minimum Gasteiger partial charge on any atom is -0.334 e. The smallest absolute Gasteiger partial charge is 0.252 e. The Bertz CT molecular complexity index is 3550. The maximum atomic E-state index is 2.76. The van der Waals surface area contributed by atoms with Crippen LogP contribution in [0.4, 0.5) is 45.5 Å². The van der Waals surface area contributed by atoms with Gasteiger partial charge in [0.1, 0.15) is 0 Å². The molecule has 0 N–H and O–H groups in total. The third-order valence-electron chi connectivity index (χ3n) is 18.3. The first-order valence-corrected chi connectivity index (χ1v) is 26.8. The second kappa shape index (κ2) is 15.4. The highest BCUT2D eigenvalue weighted by molar-refractivity contribution is 7.00. The number of para-hydroxylation sites is 1. The van der Waals surface area contributed by atoms with Crippen LogP contribution in [0, 0.1) is 6.92 Å². The highest BCUT2D eigenvalue weighted by Gasteiger charge is 2.58. The Morgan fingerprint density at radius 1 is 0.444 bits per heavy atom. The number of hydrogen-bond donors (Lipinski definition) is 0. The fourth-order valence-corrected chi connectivity index (χ4v) is 14.3. The second-order valence-electron chi connectivity index (χ2n) is 25.0. The van der Waals surface area contributed by atoms with Crippen molar-refractivity contribution < 1.29 is 0 Å². The monoisotopic (exact) mass is 938 g/mol. The van der Waals surface area contributed by atoms with Crippen LogP contribution in [0.5, 0.6) is 0 Å². The fourth-order valence-electron chi connectivity index (χ4n) is 14.3. The standard InChI is InChI=1S/C68H68BN3/c1-43-37-61-63-62(38-43)71(57-34-28-45(64(2,3)4)39-50(57)44-21-13-12-14-22-44)59-40-46(65(5,6)7)27-32-55(59)69(63)56-33-30-48(72-58-26-18-17-25-54(58)67(10)35-19-20-36-68(67,72)11)42-60(56)70(61)47-29-31-53-51(41-47)49-23-15-16-24-52(49)66(53,8)9/h12-18,21-34,37-42H,19-20,35-36H2,1-11H3. The van der Waals surface area contributed by atoms with Crippen LogP contribution in [0.3, 0.4) is 0 Å². The number of benzene rings is 8. The summed E-state index contributed by atoms with van der Waals surface area (Å²) in [6.07, 6.45) is 4.87. The molecule has 1 fully saturated rings. The first-order valence-electron chi connectivity index (χ1n) is 26.8. The third kappa shape index (κ3) is 6.29. The van der Waals surface area contributed by atoms with Gasteiger partial charge in [0.05, 0.1) is 11.2 Å². The number of nitrogens with zero attached hydrogens (tertiary/aromatic N) is 3. The summed E-state index contributed by atoms with van der Waals surface area (Å²) in [7, 11) is 0. The first kappa shape index (κ1) is 45.1. The van der Waals surface area contributed by atoms with Gasteiger partial charge in [-0.1, -0.05) is 178 Å². The topological polar surface area (TPSA) is 9.72 Å². The van der Waals surface area contributed by atoms with Crippen molar-refractivity contribution in [2.45, 2.75) is 129 Å². The minimum atomic E-state index is -0.0919. The summed E-state index contributed by atoms with van der Waals surface area (Å²) in [5.41, 5.74) is 27.3. The van der Waals surface area contributed by atoms with E-state index in [4.69, 9.17) is 0 Å². The molecule has 3 heterocycles. The summed E-state index contributed by atoms with van der Waals surface area (Å²) in [5.74, 6) is 0. The molecule has 358 valence electrons. The van der Waals surface area contributed by atoms with Gasteiger partial charge in [-0.25, -0.2) is 0 Å². The van der Waals surface area contributed by atoms with Crippen LogP contribution >= 0.6 is 0 Å². The third-order valence-corrected chi connectivity index (χ3v) is 18.3. The van der Waals surface area contributed by atoms with Gasteiger partial charge in [-0.05, 0) is 165 Å². The molecule has 0 aromatic heterocycles. The Morgan fingerprint density at radius 3 is 1.79 bits per heavy atom. The van der Waals surface area contributed by atoms with Crippen molar-refractivity contribution in [3.8, 4) is 22.3 Å². The number of rotatable bonds is 4. The molecule has 0 amide bonds. The van der Waals surface area contributed by atoms with E-state index in [1.165, 1.54) is 137 Å². The predicted octanol–water partition coefficient (Wildman–Crippen LogP) is 16.4. The lowest BCUT2D eigenvalue weighted by Gasteiger charge is -2.50. The fraction of sp³-hybridized carbons (Fsp3) is 0.294. The van der Waals surface area contributed by atoms with Crippen molar-refractivity contribution in [1.29, 1.82) is 0 Å². The summed E-state index contributed by atoms with van der Waals surface area (Å²) in [6.45, 7) is 26.3. The molecule has 72 heavy (non-hydrogen) atoms. The Morgan fingerprint density at radius 2 is 1.04 bits per heavy atom. The van der Waals surface area contributed by atoms with E-state index in [9.17, 15) is 0 Å². The minimum absolute atomic E-state index is 0.000626. The van der Waals surface area contributed by atoms with Crippen molar-refractivity contribution in [2.75, 3.05) is 14.7 Å². The number of hydrogen-bond acceptors (Lipinski definition) is 3. The van der Waals surface area contributed by atoms with E-state index < -0.39 is 0 Å². The van der Waals surface area contributed by atoms with Crippen LogP contribution in [0.2, 0.25) is 0 Å². The summed E-state index contributed by atoms with van der Waals surface area (Å²) in [5, 5.41) is 0. The number of fused-ring (bicyclic) bond motifs is 10. The van der Waals surface area contributed by atoms with Gasteiger partial charge in [-0.15, -0.1) is 0 Å². The lowest BCUT2D eigenvalue weighted by atomic mass is 9.33. The molecule has 2 aliphatic carbocycles. The molecule has 2 atom stereocenters. The van der Waals surface area contributed by atoms with Crippen molar-refractivity contribution in [1.82, 2.24) is 0 Å². The van der Waals surface area contributed by atoms with Crippen LogP contribution in [0.15, 0.2) is 164 Å². The Hall–Kier alpha value is -6.78. The highest BCUT2D eigenvalue weighted by atomic mass is 15.3. The molecule has 3 nitrogen and oxygen atoms in total. The molecule has 1 saturated carbocycles. The molecule has 0 bridgehead atoms. The normalized spacial score (nSPS) is 20.0. The predicted molar refractivity (Wildman–Crippen MR) is 308 cm³/mol. The van der Waals surface area contributed by atoms with Gasteiger partial charge in [0.25, 0.3) is 6.71 Å². The lowest BCUT2D eigenvalue weighted by Crippen LogP contribution is -2.61. The lowest BCUT2D eigenvalue weighted by molar-refractivity contribution is 0.195. The van der Waals surface area contributed by atoms with Crippen molar-refractivity contribution in [3.05, 3.63) is 197 Å². The molecule has 8 aromatic carbocycles. The zero-order chi connectivity index (χ0) is 49.9. The molecule has 5 aliphatic rings. The Labute approximate surface area is 429 Å². The molecule has 0 radical (unpaired) electrons.